The average molecular weight is 225 g/mol. The molecule has 0 aromatic heterocycles. The van der Waals surface area contributed by atoms with Crippen molar-refractivity contribution in [3.05, 3.63) is 47.0 Å². The van der Waals surface area contributed by atoms with Crippen molar-refractivity contribution in [2.45, 2.75) is 19.3 Å². The van der Waals surface area contributed by atoms with Gasteiger partial charge < -0.3 is 0 Å². The van der Waals surface area contributed by atoms with Crippen LogP contribution in [-0.4, -0.2) is 0 Å². The third-order valence-electron chi connectivity index (χ3n) is 2.08. The van der Waals surface area contributed by atoms with Gasteiger partial charge in [-0.15, -0.1) is 6.58 Å². The number of benzene rings is 1. The first-order valence-electron chi connectivity index (χ1n) is 3.96. The van der Waals surface area contributed by atoms with Gasteiger partial charge in [-0.1, -0.05) is 48.0 Å². The van der Waals surface area contributed by atoms with Crippen LogP contribution >= 0.6 is 15.9 Å². The number of rotatable bonds is 2. The number of hydrogen-bond acceptors (Lipinski definition) is 0. The van der Waals surface area contributed by atoms with Gasteiger partial charge in [-0.25, -0.2) is 0 Å². The van der Waals surface area contributed by atoms with E-state index in [2.05, 4.69) is 48.5 Å². The maximum Gasteiger partial charge on any atom is 0.0178 e. The van der Waals surface area contributed by atoms with Crippen LogP contribution < -0.4 is 0 Å². The highest BCUT2D eigenvalue weighted by Crippen LogP contribution is 2.26. The van der Waals surface area contributed by atoms with Crippen molar-refractivity contribution in [2.24, 2.45) is 0 Å². The van der Waals surface area contributed by atoms with Crippen molar-refractivity contribution in [1.82, 2.24) is 0 Å². The van der Waals surface area contributed by atoms with E-state index in [0.29, 0.717) is 0 Å². The summed E-state index contributed by atoms with van der Waals surface area (Å²) in [6.07, 6.45) is 1.97. The van der Waals surface area contributed by atoms with Gasteiger partial charge in [0, 0.05) is 9.89 Å². The van der Waals surface area contributed by atoms with Crippen LogP contribution in [0.4, 0.5) is 0 Å². The van der Waals surface area contributed by atoms with E-state index in [1.165, 1.54) is 5.56 Å². The highest BCUT2D eigenvalue weighted by Gasteiger charge is 2.15. The molecule has 0 heterocycles. The fourth-order valence-corrected chi connectivity index (χ4v) is 1.41. The zero-order valence-corrected chi connectivity index (χ0v) is 9.06. The molecule has 0 aliphatic rings. The standard InChI is InChI=1S/C11H13Br/c1-4-11(2,3)9-6-5-7-10(12)8-9/h4-8H,1H2,2-3H3. The lowest BCUT2D eigenvalue weighted by atomic mass is 9.85. The van der Waals surface area contributed by atoms with Crippen LogP contribution in [0.15, 0.2) is 41.4 Å². The molecule has 0 unspecified atom stereocenters. The van der Waals surface area contributed by atoms with Crippen LogP contribution in [-0.2, 0) is 5.41 Å². The smallest absolute Gasteiger partial charge is 0.0178 e. The highest BCUT2D eigenvalue weighted by molar-refractivity contribution is 9.10. The number of hydrogen-bond donors (Lipinski definition) is 0. The molecular weight excluding hydrogens is 212 g/mol. The Kier molecular flexibility index (Phi) is 2.73. The van der Waals surface area contributed by atoms with Crippen LogP contribution in [0.25, 0.3) is 0 Å². The minimum atomic E-state index is 0.0593. The molecule has 0 nitrogen and oxygen atoms in total. The van der Waals surface area contributed by atoms with E-state index in [9.17, 15) is 0 Å². The highest BCUT2D eigenvalue weighted by atomic mass is 79.9. The molecule has 0 aliphatic heterocycles. The van der Waals surface area contributed by atoms with Crippen molar-refractivity contribution in [1.29, 1.82) is 0 Å². The van der Waals surface area contributed by atoms with Crippen LogP contribution in [0, 0.1) is 0 Å². The zero-order valence-electron chi connectivity index (χ0n) is 7.47. The lowest BCUT2D eigenvalue weighted by molar-refractivity contribution is 0.671. The molecule has 0 amide bonds. The summed E-state index contributed by atoms with van der Waals surface area (Å²) in [5.41, 5.74) is 1.34. The van der Waals surface area contributed by atoms with Crippen molar-refractivity contribution in [2.75, 3.05) is 0 Å². The van der Waals surface area contributed by atoms with E-state index >= 15 is 0 Å². The summed E-state index contributed by atoms with van der Waals surface area (Å²) in [5, 5.41) is 0. The average Bonchev–Trinajstić information content (AvgIpc) is 2.05. The van der Waals surface area contributed by atoms with E-state index < -0.39 is 0 Å². The van der Waals surface area contributed by atoms with Gasteiger partial charge in [-0.05, 0) is 17.7 Å². The summed E-state index contributed by atoms with van der Waals surface area (Å²) in [6, 6.07) is 8.32. The maximum atomic E-state index is 3.82. The Balaban J connectivity index is 3.11. The summed E-state index contributed by atoms with van der Waals surface area (Å²) >= 11 is 3.45. The van der Waals surface area contributed by atoms with Gasteiger partial charge in [0.2, 0.25) is 0 Å². The maximum absolute atomic E-state index is 3.82. The molecule has 12 heavy (non-hydrogen) atoms. The van der Waals surface area contributed by atoms with Crippen LogP contribution in [0.1, 0.15) is 19.4 Å². The van der Waals surface area contributed by atoms with Crippen LogP contribution in [0.3, 0.4) is 0 Å². The van der Waals surface area contributed by atoms with Gasteiger partial charge in [0.05, 0.1) is 0 Å². The Morgan fingerprint density at radius 1 is 1.42 bits per heavy atom. The Morgan fingerprint density at radius 3 is 2.58 bits per heavy atom. The zero-order chi connectivity index (χ0) is 9.19. The lowest BCUT2D eigenvalue weighted by Gasteiger charge is -2.20. The van der Waals surface area contributed by atoms with Gasteiger partial charge in [0.1, 0.15) is 0 Å². The second-order valence-electron chi connectivity index (χ2n) is 3.44. The lowest BCUT2D eigenvalue weighted by Crippen LogP contribution is -2.12. The third-order valence-corrected chi connectivity index (χ3v) is 2.57. The van der Waals surface area contributed by atoms with E-state index in [4.69, 9.17) is 0 Å². The summed E-state index contributed by atoms with van der Waals surface area (Å²) in [7, 11) is 0. The first-order valence-corrected chi connectivity index (χ1v) is 4.75. The van der Waals surface area contributed by atoms with Gasteiger partial charge in [-0.2, -0.15) is 0 Å². The Morgan fingerprint density at radius 2 is 2.08 bits per heavy atom. The molecule has 0 aliphatic carbocycles. The molecule has 1 aromatic rings. The number of halogens is 1. The molecular formula is C11H13Br. The van der Waals surface area contributed by atoms with Crippen molar-refractivity contribution in [3.63, 3.8) is 0 Å². The first kappa shape index (κ1) is 9.53. The first-order chi connectivity index (χ1) is 5.56. The summed E-state index contributed by atoms with van der Waals surface area (Å²) in [6.45, 7) is 8.13. The summed E-state index contributed by atoms with van der Waals surface area (Å²) in [4.78, 5) is 0. The molecule has 0 bridgehead atoms. The molecule has 0 atom stereocenters. The van der Waals surface area contributed by atoms with Gasteiger partial charge in [-0.3, -0.25) is 0 Å². The molecule has 0 fully saturated rings. The fourth-order valence-electron chi connectivity index (χ4n) is 1.01. The topological polar surface area (TPSA) is 0 Å². The largest absolute Gasteiger partial charge is 0.102 e. The van der Waals surface area contributed by atoms with Gasteiger partial charge >= 0.3 is 0 Å². The van der Waals surface area contributed by atoms with Crippen LogP contribution in [0.2, 0.25) is 0 Å². The summed E-state index contributed by atoms with van der Waals surface area (Å²) < 4.78 is 1.12. The molecule has 0 spiro atoms. The minimum absolute atomic E-state index is 0.0593. The van der Waals surface area contributed by atoms with E-state index in [-0.39, 0.29) is 5.41 Å². The monoisotopic (exact) mass is 224 g/mol. The second kappa shape index (κ2) is 3.44. The van der Waals surface area contributed by atoms with E-state index in [1.807, 2.05) is 18.2 Å². The van der Waals surface area contributed by atoms with E-state index in [1.54, 1.807) is 0 Å². The second-order valence-corrected chi connectivity index (χ2v) is 4.35. The minimum Gasteiger partial charge on any atom is -0.102 e. The predicted octanol–water partition coefficient (Wildman–Crippen LogP) is 3.91. The Hall–Kier alpha value is -0.560. The fraction of sp³-hybridized carbons (Fsp3) is 0.273. The molecule has 0 saturated heterocycles. The van der Waals surface area contributed by atoms with Crippen molar-refractivity contribution >= 4 is 15.9 Å². The van der Waals surface area contributed by atoms with Crippen molar-refractivity contribution in [3.8, 4) is 0 Å². The van der Waals surface area contributed by atoms with Crippen molar-refractivity contribution < 1.29 is 0 Å². The quantitative estimate of drug-likeness (QED) is 0.669. The third kappa shape index (κ3) is 1.98. The van der Waals surface area contributed by atoms with E-state index in [0.717, 1.165) is 4.47 Å². The van der Waals surface area contributed by atoms with Crippen LogP contribution in [0.5, 0.6) is 0 Å². The molecule has 64 valence electrons. The molecule has 0 saturated carbocycles. The predicted molar refractivity (Wildman–Crippen MR) is 57.4 cm³/mol. The molecule has 0 radical (unpaired) electrons. The summed E-state index contributed by atoms with van der Waals surface area (Å²) in [5.74, 6) is 0. The Labute approximate surface area is 82.4 Å². The van der Waals surface area contributed by atoms with Gasteiger partial charge in [0.15, 0.2) is 0 Å². The normalized spacial score (nSPS) is 11.2. The molecule has 1 rings (SSSR count). The molecule has 1 aromatic carbocycles. The van der Waals surface area contributed by atoms with Gasteiger partial charge in [0.25, 0.3) is 0 Å². The Bertz CT molecular complexity index is 287. The SMILES string of the molecule is C=CC(C)(C)c1cccc(Br)c1. The number of allylic oxidation sites excluding steroid dienone is 1. The molecule has 0 N–H and O–H groups in total. The molecule has 1 heteroatoms.